The first-order valence-electron chi connectivity index (χ1n) is 7.73. The lowest BCUT2D eigenvalue weighted by molar-refractivity contribution is -0.127. The van der Waals surface area contributed by atoms with Crippen LogP contribution in [0.15, 0.2) is 28.3 Å². The van der Waals surface area contributed by atoms with Crippen LogP contribution < -0.4 is 0 Å². The summed E-state index contributed by atoms with van der Waals surface area (Å²) >= 11 is 0. The van der Waals surface area contributed by atoms with E-state index in [0.717, 1.165) is 25.7 Å². The van der Waals surface area contributed by atoms with Crippen LogP contribution in [0.1, 0.15) is 32.1 Å². The number of rotatable bonds is 2. The third kappa shape index (κ3) is 2.95. The zero-order chi connectivity index (χ0) is 15.7. The Balaban J connectivity index is 1.86. The van der Waals surface area contributed by atoms with Crippen LogP contribution in [-0.4, -0.2) is 55.3 Å². The number of nitrogens with zero attached hydrogens (tertiary/aromatic N) is 3. The Morgan fingerprint density at radius 1 is 1.32 bits per heavy atom. The average Bonchev–Trinajstić information content (AvgIpc) is 2.53. The number of amides is 1. The van der Waals surface area contributed by atoms with Crippen molar-refractivity contribution in [3.63, 3.8) is 0 Å². The minimum absolute atomic E-state index is 0.0131. The van der Waals surface area contributed by atoms with E-state index in [2.05, 4.69) is 4.40 Å². The van der Waals surface area contributed by atoms with Crippen molar-refractivity contribution in [3.05, 3.63) is 23.9 Å². The van der Waals surface area contributed by atoms with Gasteiger partial charge in [-0.2, -0.15) is 0 Å². The molecule has 120 valence electrons. The number of allylic oxidation sites excluding steroid dienone is 2. The first kappa shape index (κ1) is 15.3. The van der Waals surface area contributed by atoms with Crippen LogP contribution in [0.4, 0.5) is 0 Å². The summed E-state index contributed by atoms with van der Waals surface area (Å²) in [5.74, 6) is 0.110. The number of amidine groups is 1. The van der Waals surface area contributed by atoms with Crippen LogP contribution >= 0.6 is 0 Å². The van der Waals surface area contributed by atoms with Gasteiger partial charge in [-0.25, -0.2) is 8.42 Å². The number of hydrogen-bond acceptors (Lipinski definition) is 4. The maximum atomic E-state index is 12.8. The zero-order valence-electron chi connectivity index (χ0n) is 12.7. The van der Waals surface area contributed by atoms with Gasteiger partial charge in [0.25, 0.3) is 15.9 Å². The van der Waals surface area contributed by atoms with Crippen molar-refractivity contribution >= 4 is 21.8 Å². The Bertz CT molecular complexity index is 658. The van der Waals surface area contributed by atoms with Crippen LogP contribution in [0, 0.1) is 0 Å². The number of carbonyl (C=O) groups excluding carboxylic acids is 1. The molecule has 3 aliphatic rings. The highest BCUT2D eigenvalue weighted by Gasteiger charge is 2.33. The largest absolute Gasteiger partial charge is 0.339 e. The molecule has 22 heavy (non-hydrogen) atoms. The summed E-state index contributed by atoms with van der Waals surface area (Å²) in [7, 11) is -1.66. The van der Waals surface area contributed by atoms with Gasteiger partial charge >= 0.3 is 0 Å². The molecule has 0 unspecified atom stereocenters. The van der Waals surface area contributed by atoms with E-state index in [0.29, 0.717) is 12.1 Å². The van der Waals surface area contributed by atoms with Crippen molar-refractivity contribution in [1.82, 2.24) is 9.80 Å². The molecule has 1 fully saturated rings. The summed E-state index contributed by atoms with van der Waals surface area (Å²) in [5, 5.41) is 0. The maximum absolute atomic E-state index is 12.8. The van der Waals surface area contributed by atoms with Gasteiger partial charge in [0, 0.05) is 25.8 Å². The number of fused-ring (bicyclic) bond motifs is 1. The number of carbonyl (C=O) groups is 1. The summed E-state index contributed by atoms with van der Waals surface area (Å²) in [5.41, 5.74) is 0.374. The second-order valence-corrected chi connectivity index (χ2v) is 7.78. The zero-order valence-corrected chi connectivity index (χ0v) is 13.6. The Kier molecular flexibility index (Phi) is 4.08. The van der Waals surface area contributed by atoms with Crippen LogP contribution in [0.5, 0.6) is 0 Å². The standard InChI is InChI=1S/C15H21N3O3S/c1-17(12-6-3-2-4-7-12)15(19)13-8-5-9-18-10-11-22(20,21)16-14(13)18/h5,8-9,12H,2-4,6-7,10-11H2,1H3. The Labute approximate surface area is 131 Å². The fraction of sp³-hybridized carbons (Fsp3) is 0.600. The van der Waals surface area contributed by atoms with E-state index in [1.54, 1.807) is 35.2 Å². The molecule has 0 saturated heterocycles. The van der Waals surface area contributed by atoms with Gasteiger partial charge in [0.15, 0.2) is 5.84 Å². The second kappa shape index (κ2) is 5.87. The SMILES string of the molecule is CN(C(=O)C1=CC=CN2CCS(=O)(=O)N=C12)C1CCCCC1. The highest BCUT2D eigenvalue weighted by molar-refractivity contribution is 7.90. The Morgan fingerprint density at radius 3 is 2.77 bits per heavy atom. The van der Waals surface area contributed by atoms with E-state index < -0.39 is 10.0 Å². The first-order valence-corrected chi connectivity index (χ1v) is 9.34. The molecule has 7 heteroatoms. The molecular weight excluding hydrogens is 302 g/mol. The van der Waals surface area contributed by atoms with Gasteiger partial charge in [-0.05, 0) is 25.0 Å². The smallest absolute Gasteiger partial charge is 0.257 e. The Morgan fingerprint density at radius 2 is 2.05 bits per heavy atom. The number of hydrogen-bond donors (Lipinski definition) is 0. The monoisotopic (exact) mass is 323 g/mol. The molecule has 0 aromatic heterocycles. The van der Waals surface area contributed by atoms with Crippen LogP contribution in [-0.2, 0) is 14.8 Å². The second-order valence-electron chi connectivity index (χ2n) is 6.02. The minimum atomic E-state index is -3.47. The normalized spacial score (nSPS) is 24.3. The van der Waals surface area contributed by atoms with Gasteiger partial charge in [0.1, 0.15) is 0 Å². The van der Waals surface area contributed by atoms with Gasteiger partial charge in [-0.1, -0.05) is 19.3 Å². The molecule has 2 aliphatic heterocycles. The van der Waals surface area contributed by atoms with Crippen molar-refractivity contribution in [2.45, 2.75) is 38.1 Å². The highest BCUT2D eigenvalue weighted by atomic mass is 32.2. The fourth-order valence-corrected chi connectivity index (χ4v) is 4.19. The predicted octanol–water partition coefficient (Wildman–Crippen LogP) is 1.28. The molecule has 3 rings (SSSR count). The molecule has 0 bridgehead atoms. The number of sulfonamides is 1. The van der Waals surface area contributed by atoms with Crippen molar-refractivity contribution in [2.75, 3.05) is 19.3 Å². The van der Waals surface area contributed by atoms with Crippen LogP contribution in [0.2, 0.25) is 0 Å². The van der Waals surface area contributed by atoms with Crippen LogP contribution in [0.3, 0.4) is 0 Å². The lowest BCUT2D eigenvalue weighted by atomic mass is 9.94. The molecular formula is C15H21N3O3S. The van der Waals surface area contributed by atoms with E-state index in [9.17, 15) is 13.2 Å². The van der Waals surface area contributed by atoms with Crippen molar-refractivity contribution < 1.29 is 13.2 Å². The van der Waals surface area contributed by atoms with Gasteiger partial charge in [0.05, 0.1) is 11.3 Å². The fourth-order valence-electron chi connectivity index (χ4n) is 3.21. The summed E-state index contributed by atoms with van der Waals surface area (Å²) < 4.78 is 27.3. The van der Waals surface area contributed by atoms with E-state index >= 15 is 0 Å². The third-order valence-electron chi connectivity index (χ3n) is 4.53. The van der Waals surface area contributed by atoms with E-state index in [1.807, 2.05) is 0 Å². The number of likely N-dealkylation sites (N-methyl/N-ethyl adjacent to an activating group) is 1. The summed E-state index contributed by atoms with van der Waals surface area (Å²) in [4.78, 5) is 16.3. The molecule has 0 aromatic carbocycles. The highest BCUT2D eigenvalue weighted by Crippen LogP contribution is 2.25. The third-order valence-corrected chi connectivity index (χ3v) is 5.68. The lowest BCUT2D eigenvalue weighted by Crippen LogP contribution is -2.45. The molecule has 2 heterocycles. The van der Waals surface area contributed by atoms with Gasteiger partial charge < -0.3 is 9.80 Å². The lowest BCUT2D eigenvalue weighted by Gasteiger charge is -2.34. The molecule has 6 nitrogen and oxygen atoms in total. The topological polar surface area (TPSA) is 70.1 Å². The van der Waals surface area contributed by atoms with Gasteiger partial charge in [-0.3, -0.25) is 4.79 Å². The van der Waals surface area contributed by atoms with Gasteiger partial charge in [-0.15, -0.1) is 4.40 Å². The van der Waals surface area contributed by atoms with Gasteiger partial charge in [0.2, 0.25) is 0 Å². The van der Waals surface area contributed by atoms with E-state index in [-0.39, 0.29) is 23.5 Å². The molecule has 0 spiro atoms. The molecule has 0 N–H and O–H groups in total. The predicted molar refractivity (Wildman–Crippen MR) is 84.8 cm³/mol. The minimum Gasteiger partial charge on any atom is -0.339 e. The average molecular weight is 323 g/mol. The first-order chi connectivity index (χ1) is 10.5. The Hall–Kier alpha value is -1.63. The maximum Gasteiger partial charge on any atom is 0.257 e. The van der Waals surface area contributed by atoms with Crippen molar-refractivity contribution in [3.8, 4) is 0 Å². The summed E-state index contributed by atoms with van der Waals surface area (Å²) in [6.07, 6.45) is 10.7. The molecule has 0 radical (unpaired) electrons. The molecule has 0 aromatic rings. The summed E-state index contributed by atoms with van der Waals surface area (Å²) in [6.45, 7) is 0.343. The van der Waals surface area contributed by atoms with Crippen molar-refractivity contribution in [2.24, 2.45) is 4.40 Å². The van der Waals surface area contributed by atoms with E-state index in [1.165, 1.54) is 6.42 Å². The molecule has 1 saturated carbocycles. The molecule has 1 amide bonds. The van der Waals surface area contributed by atoms with E-state index in [4.69, 9.17) is 0 Å². The molecule has 1 aliphatic carbocycles. The van der Waals surface area contributed by atoms with Crippen LogP contribution in [0.25, 0.3) is 0 Å². The molecule has 0 atom stereocenters. The quantitative estimate of drug-likeness (QED) is 0.767. The van der Waals surface area contributed by atoms with Crippen molar-refractivity contribution in [1.29, 1.82) is 0 Å². The summed E-state index contributed by atoms with van der Waals surface area (Å²) in [6, 6.07) is 0.238.